The molecule has 0 aliphatic carbocycles. The molecule has 0 aromatic carbocycles. The van der Waals surface area contributed by atoms with E-state index >= 15 is 0 Å². The fraction of sp³-hybridized carbons (Fsp3) is 0.429. The van der Waals surface area contributed by atoms with Gasteiger partial charge in [0.2, 0.25) is 0 Å². The Morgan fingerprint density at radius 3 is 2.48 bits per heavy atom. The molecule has 2 aromatic rings. The largest absolute Gasteiger partial charge is 0.448 e. The average molecular weight is 330 g/mol. The van der Waals surface area contributed by atoms with Crippen LogP contribution in [0.4, 0.5) is 0 Å². The molecule has 1 N–H and O–H groups in total. The van der Waals surface area contributed by atoms with Crippen LogP contribution in [-0.2, 0) is 12.5 Å². The van der Waals surface area contributed by atoms with E-state index in [9.17, 15) is 5.11 Å². The van der Waals surface area contributed by atoms with Crippen LogP contribution in [0.2, 0.25) is 10.3 Å². The first-order valence-corrected chi connectivity index (χ1v) is 7.09. The number of oxazole rings is 1. The van der Waals surface area contributed by atoms with E-state index < -0.39 is 6.10 Å². The Morgan fingerprint density at radius 1 is 1.43 bits per heavy atom. The van der Waals surface area contributed by atoms with E-state index in [4.69, 9.17) is 27.6 Å². The number of hydrogen-bond acceptors (Lipinski definition) is 4. The number of aromatic nitrogens is 3. The molecular weight excluding hydrogens is 313 g/mol. The van der Waals surface area contributed by atoms with Crippen molar-refractivity contribution in [1.29, 1.82) is 0 Å². The second-order valence-corrected chi connectivity index (χ2v) is 6.55. The molecule has 2 heterocycles. The Hall–Kier alpha value is -1.30. The van der Waals surface area contributed by atoms with Gasteiger partial charge in [-0.25, -0.2) is 4.98 Å². The van der Waals surface area contributed by atoms with Crippen molar-refractivity contribution in [3.8, 4) is 0 Å². The molecule has 21 heavy (non-hydrogen) atoms. The molecule has 0 radical (unpaired) electrons. The molecule has 2 aromatic heterocycles. The van der Waals surface area contributed by atoms with Gasteiger partial charge in [-0.15, -0.1) is 0 Å². The molecule has 5 nitrogen and oxygen atoms in total. The van der Waals surface area contributed by atoms with E-state index in [-0.39, 0.29) is 15.7 Å². The number of aryl methyl sites for hydroxylation is 1. The van der Waals surface area contributed by atoms with Gasteiger partial charge in [-0.3, -0.25) is 4.68 Å². The predicted molar refractivity (Wildman–Crippen MR) is 82.4 cm³/mol. The zero-order chi connectivity index (χ0) is 15.9. The van der Waals surface area contributed by atoms with Gasteiger partial charge in [-0.2, -0.15) is 5.10 Å². The first-order valence-electron chi connectivity index (χ1n) is 6.34. The highest BCUT2D eigenvalue weighted by molar-refractivity contribution is 6.35. The Labute approximate surface area is 133 Å². The SMILES string of the molecule is C=C(c1coc(C(C)(C)C)n1)C(O)c1c(Cl)nn(C)c1Cl. The van der Waals surface area contributed by atoms with Crippen LogP contribution in [0.25, 0.3) is 5.57 Å². The van der Waals surface area contributed by atoms with Crippen LogP contribution < -0.4 is 0 Å². The summed E-state index contributed by atoms with van der Waals surface area (Å²) in [5.74, 6) is 0.564. The van der Waals surface area contributed by atoms with Gasteiger partial charge >= 0.3 is 0 Å². The van der Waals surface area contributed by atoms with Crippen molar-refractivity contribution in [2.75, 3.05) is 0 Å². The molecular formula is C14H17Cl2N3O2. The van der Waals surface area contributed by atoms with Gasteiger partial charge in [0.05, 0.1) is 5.56 Å². The summed E-state index contributed by atoms with van der Waals surface area (Å²) < 4.78 is 6.82. The molecule has 0 aliphatic heterocycles. The van der Waals surface area contributed by atoms with Gasteiger partial charge < -0.3 is 9.52 Å². The molecule has 0 saturated heterocycles. The quantitative estimate of drug-likeness (QED) is 0.931. The summed E-state index contributed by atoms with van der Waals surface area (Å²) in [5, 5.41) is 14.8. The highest BCUT2D eigenvalue weighted by Crippen LogP contribution is 2.37. The van der Waals surface area contributed by atoms with Gasteiger partial charge in [-0.05, 0) is 0 Å². The second kappa shape index (κ2) is 5.48. The van der Waals surface area contributed by atoms with Crippen LogP contribution in [0.1, 0.15) is 44.0 Å². The zero-order valence-corrected chi connectivity index (χ0v) is 13.8. The Bertz CT molecular complexity index is 683. The standard InChI is InChI=1S/C14H17Cl2N3O2/c1-7(8-6-21-13(17-8)14(2,3)4)10(20)9-11(15)18-19(5)12(9)16/h6,10,20H,1H2,2-5H3. The van der Waals surface area contributed by atoms with Gasteiger partial charge in [0.25, 0.3) is 0 Å². The number of aliphatic hydroxyl groups is 1. The normalized spacial score (nSPS) is 13.5. The molecule has 0 fully saturated rings. The van der Waals surface area contributed by atoms with Gasteiger partial charge in [0.15, 0.2) is 11.0 Å². The summed E-state index contributed by atoms with van der Waals surface area (Å²) in [6.07, 6.45) is 0.362. The molecule has 0 spiro atoms. The maximum atomic E-state index is 10.4. The van der Waals surface area contributed by atoms with E-state index in [1.165, 1.54) is 10.9 Å². The lowest BCUT2D eigenvalue weighted by molar-refractivity contribution is 0.238. The molecule has 1 atom stereocenters. The van der Waals surface area contributed by atoms with Crippen molar-refractivity contribution in [2.45, 2.75) is 32.3 Å². The fourth-order valence-electron chi connectivity index (χ4n) is 1.79. The minimum absolute atomic E-state index is 0.135. The molecule has 2 rings (SSSR count). The summed E-state index contributed by atoms with van der Waals surface area (Å²) in [7, 11) is 1.64. The van der Waals surface area contributed by atoms with Crippen molar-refractivity contribution >= 4 is 28.8 Å². The van der Waals surface area contributed by atoms with Crippen molar-refractivity contribution in [2.24, 2.45) is 7.05 Å². The number of rotatable bonds is 3. The third kappa shape index (κ3) is 3.00. The van der Waals surface area contributed by atoms with Crippen molar-refractivity contribution < 1.29 is 9.52 Å². The highest BCUT2D eigenvalue weighted by Gasteiger charge is 2.27. The van der Waals surface area contributed by atoms with Crippen molar-refractivity contribution in [3.05, 3.63) is 40.3 Å². The lowest BCUT2D eigenvalue weighted by Crippen LogP contribution is -2.11. The third-order valence-corrected chi connectivity index (χ3v) is 3.77. The highest BCUT2D eigenvalue weighted by atomic mass is 35.5. The summed E-state index contributed by atoms with van der Waals surface area (Å²) in [5.41, 5.74) is 0.896. The van der Waals surface area contributed by atoms with Crippen LogP contribution in [-0.4, -0.2) is 19.9 Å². The Balaban J connectivity index is 2.33. The Kier molecular flexibility index (Phi) is 4.19. The van der Waals surface area contributed by atoms with Gasteiger partial charge in [0, 0.05) is 18.0 Å². The van der Waals surface area contributed by atoms with Gasteiger partial charge in [-0.1, -0.05) is 50.6 Å². The predicted octanol–water partition coefficient (Wildman–Crippen LogP) is 3.76. The Morgan fingerprint density at radius 2 is 2.05 bits per heavy atom. The van der Waals surface area contributed by atoms with Crippen LogP contribution in [0, 0.1) is 0 Å². The first-order chi connectivity index (χ1) is 9.62. The molecule has 7 heteroatoms. The average Bonchev–Trinajstić information content (AvgIpc) is 2.94. The second-order valence-electron chi connectivity index (χ2n) is 5.83. The van der Waals surface area contributed by atoms with Crippen LogP contribution in [0.5, 0.6) is 0 Å². The van der Waals surface area contributed by atoms with Crippen LogP contribution >= 0.6 is 23.2 Å². The molecule has 114 valence electrons. The van der Waals surface area contributed by atoms with E-state index in [0.717, 1.165) is 0 Å². The lowest BCUT2D eigenvalue weighted by atomic mass is 9.97. The van der Waals surface area contributed by atoms with Gasteiger partial charge in [0.1, 0.15) is 23.2 Å². The van der Waals surface area contributed by atoms with E-state index in [1.807, 2.05) is 20.8 Å². The fourth-order valence-corrected chi connectivity index (χ4v) is 2.38. The van der Waals surface area contributed by atoms with Crippen molar-refractivity contribution in [3.63, 3.8) is 0 Å². The molecule has 0 aliphatic rings. The minimum Gasteiger partial charge on any atom is -0.448 e. The number of hydrogen-bond donors (Lipinski definition) is 1. The van der Waals surface area contributed by atoms with Crippen LogP contribution in [0.15, 0.2) is 17.3 Å². The van der Waals surface area contributed by atoms with E-state index in [1.54, 1.807) is 7.05 Å². The summed E-state index contributed by atoms with van der Waals surface area (Å²) in [4.78, 5) is 4.35. The molecule has 1 unspecified atom stereocenters. The third-order valence-electron chi connectivity index (χ3n) is 3.04. The smallest absolute Gasteiger partial charge is 0.199 e. The summed E-state index contributed by atoms with van der Waals surface area (Å²) in [6, 6.07) is 0. The number of halogens is 2. The zero-order valence-electron chi connectivity index (χ0n) is 12.3. The maximum Gasteiger partial charge on any atom is 0.199 e. The number of nitrogens with zero attached hydrogens (tertiary/aromatic N) is 3. The van der Waals surface area contributed by atoms with E-state index in [0.29, 0.717) is 22.7 Å². The summed E-state index contributed by atoms with van der Waals surface area (Å²) >= 11 is 12.1. The monoisotopic (exact) mass is 329 g/mol. The minimum atomic E-state index is -1.10. The topological polar surface area (TPSA) is 64.1 Å². The maximum absolute atomic E-state index is 10.4. The van der Waals surface area contributed by atoms with E-state index in [2.05, 4.69) is 16.7 Å². The molecule has 0 amide bonds. The lowest BCUT2D eigenvalue weighted by Gasteiger charge is -2.13. The first kappa shape index (κ1) is 16.1. The molecule has 0 bridgehead atoms. The molecule has 0 saturated carbocycles. The van der Waals surface area contributed by atoms with Crippen LogP contribution in [0.3, 0.4) is 0 Å². The van der Waals surface area contributed by atoms with Crippen molar-refractivity contribution in [1.82, 2.24) is 14.8 Å². The summed E-state index contributed by atoms with van der Waals surface area (Å²) in [6.45, 7) is 9.81. The number of aliphatic hydroxyl groups excluding tert-OH is 1.